The molecule has 0 N–H and O–H groups in total. The highest BCUT2D eigenvalue weighted by molar-refractivity contribution is 5.76. The zero-order valence-electron chi connectivity index (χ0n) is 10.3. The number of nitrogens with zero attached hydrogens (tertiary/aromatic N) is 4. The lowest BCUT2D eigenvalue weighted by atomic mass is 9.99. The summed E-state index contributed by atoms with van der Waals surface area (Å²) < 4.78 is 1.32. The second-order valence-corrected chi connectivity index (χ2v) is 4.72. The van der Waals surface area contributed by atoms with Gasteiger partial charge in [0, 0.05) is 13.1 Å². The molecule has 1 amide bonds. The highest BCUT2D eigenvalue weighted by Gasteiger charge is 2.21. The molecule has 7 heteroatoms. The number of hydrogen-bond acceptors (Lipinski definition) is 4. The van der Waals surface area contributed by atoms with Crippen molar-refractivity contribution in [2.75, 3.05) is 13.1 Å². The fourth-order valence-electron chi connectivity index (χ4n) is 2.03. The molecule has 1 aliphatic rings. The van der Waals surface area contributed by atoms with Crippen molar-refractivity contribution in [3.63, 3.8) is 0 Å². The minimum atomic E-state index is -0.517. The van der Waals surface area contributed by atoms with Gasteiger partial charge in [0.2, 0.25) is 5.91 Å². The lowest BCUT2D eigenvalue weighted by molar-refractivity contribution is -0.385. The molecule has 0 radical (unpaired) electrons. The van der Waals surface area contributed by atoms with Crippen LogP contribution in [0.1, 0.15) is 19.8 Å². The van der Waals surface area contributed by atoms with Crippen molar-refractivity contribution in [1.29, 1.82) is 0 Å². The van der Waals surface area contributed by atoms with Crippen molar-refractivity contribution in [2.45, 2.75) is 26.3 Å². The average Bonchev–Trinajstić information content (AvgIpc) is 2.78. The van der Waals surface area contributed by atoms with Crippen LogP contribution in [0.3, 0.4) is 0 Å². The molecule has 0 atom stereocenters. The van der Waals surface area contributed by atoms with Crippen LogP contribution in [-0.4, -0.2) is 38.6 Å². The van der Waals surface area contributed by atoms with Crippen molar-refractivity contribution in [2.24, 2.45) is 5.92 Å². The minimum Gasteiger partial charge on any atom is -0.341 e. The second kappa shape index (κ2) is 5.16. The zero-order valence-corrected chi connectivity index (χ0v) is 10.3. The van der Waals surface area contributed by atoms with E-state index in [1.54, 1.807) is 4.90 Å². The number of carbonyl (C=O) groups is 1. The molecule has 0 bridgehead atoms. The number of amides is 1. The Balaban J connectivity index is 1.92. The Morgan fingerprint density at radius 1 is 1.56 bits per heavy atom. The molecule has 0 spiro atoms. The summed E-state index contributed by atoms with van der Waals surface area (Å²) in [5.74, 6) is 0.639. The topological polar surface area (TPSA) is 81.3 Å². The molecule has 98 valence electrons. The molecule has 0 saturated carbocycles. The van der Waals surface area contributed by atoms with E-state index in [0.29, 0.717) is 5.92 Å². The quantitative estimate of drug-likeness (QED) is 0.594. The standard InChI is InChI=1S/C11H16N4O3/c1-9-2-4-13(5-3-9)11(16)8-14-7-10(6-12-14)15(17)18/h6-7,9H,2-5,8H2,1H3. The molecule has 1 aliphatic heterocycles. The maximum atomic E-state index is 11.9. The number of aromatic nitrogens is 2. The highest BCUT2D eigenvalue weighted by Crippen LogP contribution is 2.16. The molecule has 2 rings (SSSR count). The van der Waals surface area contributed by atoms with Gasteiger partial charge in [-0.05, 0) is 18.8 Å². The average molecular weight is 252 g/mol. The van der Waals surface area contributed by atoms with E-state index in [2.05, 4.69) is 12.0 Å². The molecule has 0 aliphatic carbocycles. The summed E-state index contributed by atoms with van der Waals surface area (Å²) in [5.41, 5.74) is -0.0879. The van der Waals surface area contributed by atoms with E-state index in [4.69, 9.17) is 0 Å². The maximum absolute atomic E-state index is 11.9. The monoisotopic (exact) mass is 252 g/mol. The Labute approximate surface area is 105 Å². The van der Waals surface area contributed by atoms with Crippen LogP contribution in [-0.2, 0) is 11.3 Å². The third kappa shape index (κ3) is 2.85. The van der Waals surface area contributed by atoms with Crippen molar-refractivity contribution in [3.05, 3.63) is 22.5 Å². The van der Waals surface area contributed by atoms with Gasteiger partial charge in [-0.15, -0.1) is 0 Å². The Hall–Kier alpha value is -1.92. The summed E-state index contributed by atoms with van der Waals surface area (Å²) >= 11 is 0. The van der Waals surface area contributed by atoms with Crippen molar-refractivity contribution in [3.8, 4) is 0 Å². The molecule has 1 saturated heterocycles. The number of likely N-dealkylation sites (tertiary alicyclic amines) is 1. The van der Waals surface area contributed by atoms with Crippen molar-refractivity contribution in [1.82, 2.24) is 14.7 Å². The molecule has 1 aromatic heterocycles. The van der Waals surface area contributed by atoms with E-state index in [-0.39, 0.29) is 18.1 Å². The summed E-state index contributed by atoms with van der Waals surface area (Å²) in [7, 11) is 0. The van der Waals surface area contributed by atoms with Gasteiger partial charge >= 0.3 is 5.69 Å². The Bertz CT molecular complexity index is 449. The van der Waals surface area contributed by atoms with Crippen LogP contribution >= 0.6 is 0 Å². The molecule has 7 nitrogen and oxygen atoms in total. The molecule has 0 unspecified atom stereocenters. The summed E-state index contributed by atoms with van der Waals surface area (Å²) in [6, 6.07) is 0. The summed E-state index contributed by atoms with van der Waals surface area (Å²) in [6.45, 7) is 3.79. The van der Waals surface area contributed by atoms with Gasteiger partial charge in [0.1, 0.15) is 18.9 Å². The van der Waals surface area contributed by atoms with Gasteiger partial charge in [-0.1, -0.05) is 6.92 Å². The SMILES string of the molecule is CC1CCN(C(=O)Cn2cc([N+](=O)[O-])cn2)CC1. The van der Waals surface area contributed by atoms with E-state index < -0.39 is 4.92 Å². The van der Waals surface area contributed by atoms with Crippen LogP contribution in [0.15, 0.2) is 12.4 Å². The lowest BCUT2D eigenvalue weighted by Crippen LogP contribution is -2.39. The van der Waals surface area contributed by atoms with Crippen LogP contribution < -0.4 is 0 Å². The smallest absolute Gasteiger partial charge is 0.307 e. The summed E-state index contributed by atoms with van der Waals surface area (Å²) in [5, 5.41) is 14.3. The van der Waals surface area contributed by atoms with Gasteiger partial charge in [-0.25, -0.2) is 0 Å². The highest BCUT2D eigenvalue weighted by atomic mass is 16.6. The molecule has 1 fully saturated rings. The Kier molecular flexibility index (Phi) is 3.59. The number of piperidine rings is 1. The number of hydrogen-bond donors (Lipinski definition) is 0. The third-order valence-electron chi connectivity index (χ3n) is 3.26. The fraction of sp³-hybridized carbons (Fsp3) is 0.636. The van der Waals surface area contributed by atoms with Crippen LogP contribution in [0, 0.1) is 16.0 Å². The molecular weight excluding hydrogens is 236 g/mol. The van der Waals surface area contributed by atoms with E-state index >= 15 is 0 Å². The first-order valence-electron chi connectivity index (χ1n) is 6.01. The second-order valence-electron chi connectivity index (χ2n) is 4.72. The Morgan fingerprint density at radius 3 is 2.78 bits per heavy atom. The van der Waals surface area contributed by atoms with Crippen molar-refractivity contribution < 1.29 is 9.72 Å². The Morgan fingerprint density at radius 2 is 2.22 bits per heavy atom. The molecule has 18 heavy (non-hydrogen) atoms. The van der Waals surface area contributed by atoms with Crippen LogP contribution in [0.4, 0.5) is 5.69 Å². The van der Waals surface area contributed by atoms with E-state index in [1.807, 2.05) is 0 Å². The number of rotatable bonds is 3. The summed E-state index contributed by atoms with van der Waals surface area (Å²) in [6.07, 6.45) is 4.48. The van der Waals surface area contributed by atoms with Gasteiger partial charge in [-0.3, -0.25) is 19.6 Å². The van der Waals surface area contributed by atoms with Gasteiger partial charge in [-0.2, -0.15) is 5.10 Å². The molecular formula is C11H16N4O3. The van der Waals surface area contributed by atoms with Crippen molar-refractivity contribution >= 4 is 11.6 Å². The normalized spacial score (nSPS) is 16.8. The van der Waals surface area contributed by atoms with Crippen LogP contribution in [0.25, 0.3) is 0 Å². The zero-order chi connectivity index (χ0) is 13.1. The van der Waals surface area contributed by atoms with Gasteiger partial charge in [0.25, 0.3) is 0 Å². The predicted octanol–water partition coefficient (Wildman–Crippen LogP) is 1.05. The fourth-order valence-corrected chi connectivity index (χ4v) is 2.03. The predicted molar refractivity (Wildman–Crippen MR) is 63.9 cm³/mol. The third-order valence-corrected chi connectivity index (χ3v) is 3.26. The van der Waals surface area contributed by atoms with E-state index in [1.165, 1.54) is 10.9 Å². The molecule has 0 aromatic carbocycles. The van der Waals surface area contributed by atoms with Gasteiger partial charge < -0.3 is 4.90 Å². The lowest BCUT2D eigenvalue weighted by Gasteiger charge is -2.30. The van der Waals surface area contributed by atoms with Gasteiger partial charge in [0.05, 0.1) is 4.92 Å². The number of nitro groups is 1. The first-order chi connectivity index (χ1) is 8.56. The van der Waals surface area contributed by atoms with E-state index in [0.717, 1.165) is 32.1 Å². The molecule has 2 heterocycles. The van der Waals surface area contributed by atoms with Gasteiger partial charge in [0.15, 0.2) is 0 Å². The first-order valence-corrected chi connectivity index (χ1v) is 6.01. The molecule has 1 aromatic rings. The maximum Gasteiger partial charge on any atom is 0.307 e. The first kappa shape index (κ1) is 12.5. The van der Waals surface area contributed by atoms with Crippen LogP contribution in [0.2, 0.25) is 0 Å². The largest absolute Gasteiger partial charge is 0.341 e. The van der Waals surface area contributed by atoms with Crippen LogP contribution in [0.5, 0.6) is 0 Å². The minimum absolute atomic E-state index is 0.0279. The van der Waals surface area contributed by atoms with E-state index in [9.17, 15) is 14.9 Å². The number of carbonyl (C=O) groups excluding carboxylic acids is 1. The summed E-state index contributed by atoms with van der Waals surface area (Å²) in [4.78, 5) is 23.7.